The van der Waals surface area contributed by atoms with Crippen molar-refractivity contribution in [3.05, 3.63) is 53.3 Å². The topological polar surface area (TPSA) is 94.4 Å². The van der Waals surface area contributed by atoms with E-state index in [1.54, 1.807) is 35.2 Å². The Morgan fingerprint density at radius 2 is 1.89 bits per heavy atom. The number of rotatable bonds is 4. The van der Waals surface area contributed by atoms with Gasteiger partial charge in [-0.05, 0) is 36.8 Å². The lowest BCUT2D eigenvalue weighted by molar-refractivity contribution is -0.141. The maximum atomic E-state index is 13.5. The lowest BCUT2D eigenvalue weighted by atomic mass is 10.0. The molecule has 0 atom stereocenters. The second-order valence-corrected chi connectivity index (χ2v) is 9.91. The monoisotopic (exact) mass is 528 g/mol. The van der Waals surface area contributed by atoms with E-state index < -0.39 is 11.9 Å². The maximum absolute atomic E-state index is 13.5. The van der Waals surface area contributed by atoms with E-state index in [9.17, 15) is 23.2 Å². The Morgan fingerprint density at radius 1 is 1.14 bits per heavy atom. The van der Waals surface area contributed by atoms with Gasteiger partial charge in [0.15, 0.2) is 5.13 Å². The van der Waals surface area contributed by atoms with Crippen molar-refractivity contribution in [1.29, 1.82) is 5.26 Å². The highest BCUT2D eigenvalue weighted by Gasteiger charge is 2.34. The first kappa shape index (κ1) is 25.1. The van der Waals surface area contributed by atoms with Crippen molar-refractivity contribution in [1.82, 2.24) is 19.8 Å². The highest BCUT2D eigenvalue weighted by molar-refractivity contribution is 7.19. The van der Waals surface area contributed by atoms with Gasteiger partial charge >= 0.3 is 12.2 Å². The number of hydrogen-bond acceptors (Lipinski definition) is 7. The fraction of sp³-hybridized carbons (Fsp3) is 0.360. The first-order chi connectivity index (χ1) is 17.7. The molecule has 2 aromatic heterocycles. The van der Waals surface area contributed by atoms with Crippen molar-refractivity contribution in [3.63, 3.8) is 0 Å². The van der Waals surface area contributed by atoms with Crippen LogP contribution < -0.4 is 5.32 Å². The van der Waals surface area contributed by atoms with Gasteiger partial charge in [0.05, 0.1) is 41.5 Å². The minimum absolute atomic E-state index is 0.204. The second-order valence-electron chi connectivity index (χ2n) is 8.91. The molecule has 3 aromatic rings. The standard InChI is InChI=1S/C25H23F3N6O2S/c1-15-9-18(11-20(30-15)25(26,27)28)22-21(17-4-2-3-16(10-17)12-29)31-23(37-22)32-24(35)34-7-5-33(6-8-34)19-13-36-14-19/h2-4,9-11,19H,5-8,13-14H2,1H3,(H,31,32,35). The van der Waals surface area contributed by atoms with Gasteiger partial charge in [-0.2, -0.15) is 18.4 Å². The normalized spacial score (nSPS) is 16.8. The molecule has 5 rings (SSSR count). The molecule has 2 aliphatic rings. The van der Waals surface area contributed by atoms with Gasteiger partial charge in [0.25, 0.3) is 0 Å². The molecule has 1 N–H and O–H groups in total. The number of aryl methyl sites for hydroxylation is 1. The molecule has 0 saturated carbocycles. The molecule has 0 radical (unpaired) electrons. The number of benzene rings is 1. The Morgan fingerprint density at radius 3 is 2.54 bits per heavy atom. The largest absolute Gasteiger partial charge is 0.433 e. The van der Waals surface area contributed by atoms with Crippen LogP contribution in [0.1, 0.15) is 17.0 Å². The number of carbonyl (C=O) groups is 1. The van der Waals surface area contributed by atoms with Gasteiger partial charge in [-0.25, -0.2) is 14.8 Å². The third kappa shape index (κ3) is 5.44. The molecule has 0 bridgehead atoms. The molecule has 4 heterocycles. The van der Waals surface area contributed by atoms with Gasteiger partial charge in [-0.3, -0.25) is 10.2 Å². The van der Waals surface area contributed by atoms with E-state index in [0.717, 1.165) is 30.5 Å². The summed E-state index contributed by atoms with van der Waals surface area (Å²) >= 11 is 1.08. The Bertz CT molecular complexity index is 1360. The predicted octanol–water partition coefficient (Wildman–Crippen LogP) is 4.62. The molecule has 2 fully saturated rings. The highest BCUT2D eigenvalue weighted by atomic mass is 32.1. The number of amides is 2. The Labute approximate surface area is 215 Å². The van der Waals surface area contributed by atoms with Crippen LogP contribution in [0.15, 0.2) is 36.4 Å². The number of nitriles is 1. The third-order valence-corrected chi connectivity index (χ3v) is 7.37. The van der Waals surface area contributed by atoms with Crippen LogP contribution in [-0.2, 0) is 10.9 Å². The van der Waals surface area contributed by atoms with Gasteiger partial charge in [0.2, 0.25) is 0 Å². The highest BCUT2D eigenvalue weighted by Crippen LogP contribution is 2.41. The number of alkyl halides is 3. The summed E-state index contributed by atoms with van der Waals surface area (Å²) in [6, 6.07) is 11.3. The summed E-state index contributed by atoms with van der Waals surface area (Å²) < 4.78 is 45.7. The molecule has 0 spiro atoms. The summed E-state index contributed by atoms with van der Waals surface area (Å²) in [6.07, 6.45) is -4.61. The van der Waals surface area contributed by atoms with E-state index in [2.05, 4.69) is 26.3 Å². The number of pyridine rings is 1. The zero-order chi connectivity index (χ0) is 26.2. The van der Waals surface area contributed by atoms with E-state index in [-0.39, 0.29) is 22.4 Å². The van der Waals surface area contributed by atoms with E-state index in [4.69, 9.17) is 4.74 Å². The Kier molecular flexibility index (Phi) is 6.85. The van der Waals surface area contributed by atoms with Crippen molar-refractivity contribution >= 4 is 22.5 Å². The molecule has 0 aliphatic carbocycles. The quantitative estimate of drug-likeness (QED) is 0.531. The van der Waals surface area contributed by atoms with Crippen LogP contribution in [0.3, 0.4) is 0 Å². The number of carbonyl (C=O) groups excluding carboxylic acids is 1. The van der Waals surface area contributed by atoms with Crippen LogP contribution in [0.2, 0.25) is 0 Å². The molecule has 37 heavy (non-hydrogen) atoms. The van der Waals surface area contributed by atoms with Crippen LogP contribution >= 0.6 is 11.3 Å². The first-order valence-corrected chi connectivity index (χ1v) is 12.5. The minimum atomic E-state index is -4.61. The summed E-state index contributed by atoms with van der Waals surface area (Å²) in [7, 11) is 0. The first-order valence-electron chi connectivity index (χ1n) is 11.7. The maximum Gasteiger partial charge on any atom is 0.433 e. The zero-order valence-electron chi connectivity index (χ0n) is 19.9. The van der Waals surface area contributed by atoms with Crippen LogP contribution in [0.5, 0.6) is 0 Å². The number of anilines is 1. The smallest absolute Gasteiger partial charge is 0.378 e. The Hall–Kier alpha value is -3.53. The number of nitrogens with one attached hydrogen (secondary N) is 1. The van der Waals surface area contributed by atoms with Gasteiger partial charge in [0, 0.05) is 37.4 Å². The summed E-state index contributed by atoms with van der Waals surface area (Å²) in [5.41, 5.74) is 0.810. The van der Waals surface area contributed by atoms with Crippen molar-refractivity contribution < 1.29 is 22.7 Å². The molecule has 1 aromatic carbocycles. The summed E-state index contributed by atoms with van der Waals surface area (Å²) in [4.78, 5) is 25.7. The fourth-order valence-corrected chi connectivity index (χ4v) is 5.31. The SMILES string of the molecule is Cc1cc(-c2sc(NC(=O)N3CCN(C4COC4)CC3)nc2-c2cccc(C#N)c2)cc(C(F)(F)F)n1. The van der Waals surface area contributed by atoms with Crippen LogP contribution in [0, 0.1) is 18.3 Å². The number of urea groups is 1. The predicted molar refractivity (Wildman–Crippen MR) is 132 cm³/mol. The summed E-state index contributed by atoms with van der Waals surface area (Å²) in [5, 5.41) is 12.4. The molecule has 0 unspecified atom stereocenters. The summed E-state index contributed by atoms with van der Waals surface area (Å²) in [5.74, 6) is 0. The molecular weight excluding hydrogens is 505 g/mol. The number of aromatic nitrogens is 2. The molecular formula is C25H23F3N6O2S. The summed E-state index contributed by atoms with van der Waals surface area (Å²) in [6.45, 7) is 5.52. The number of ether oxygens (including phenoxy) is 1. The number of nitrogens with zero attached hydrogens (tertiary/aromatic N) is 5. The van der Waals surface area contributed by atoms with Gasteiger partial charge in [-0.15, -0.1) is 0 Å². The lowest BCUT2D eigenvalue weighted by Crippen LogP contribution is -2.57. The Balaban J connectivity index is 1.45. The van der Waals surface area contributed by atoms with Crippen molar-refractivity contribution in [2.45, 2.75) is 19.1 Å². The number of piperazine rings is 1. The molecule has 8 nitrogen and oxygen atoms in total. The molecule has 2 amide bonds. The third-order valence-electron chi connectivity index (χ3n) is 6.35. The molecule has 192 valence electrons. The molecule has 2 saturated heterocycles. The van der Waals surface area contributed by atoms with Crippen LogP contribution in [0.4, 0.5) is 23.1 Å². The average molecular weight is 529 g/mol. The second kappa shape index (κ2) is 10.1. The van der Waals surface area contributed by atoms with Crippen LogP contribution in [0.25, 0.3) is 21.7 Å². The van der Waals surface area contributed by atoms with Gasteiger partial charge in [0.1, 0.15) is 5.69 Å². The zero-order valence-corrected chi connectivity index (χ0v) is 20.7. The molecule has 12 heteroatoms. The van der Waals surface area contributed by atoms with Crippen molar-refractivity contribution in [3.8, 4) is 27.8 Å². The average Bonchev–Trinajstić information content (AvgIpc) is 3.26. The fourth-order valence-electron chi connectivity index (χ4n) is 4.34. The van der Waals surface area contributed by atoms with Crippen molar-refractivity contribution in [2.24, 2.45) is 0 Å². The van der Waals surface area contributed by atoms with Gasteiger partial charge < -0.3 is 9.64 Å². The van der Waals surface area contributed by atoms with Crippen LogP contribution in [-0.4, -0.2) is 71.2 Å². The number of halogens is 3. The van der Waals surface area contributed by atoms with E-state index in [0.29, 0.717) is 54.0 Å². The number of hydrogen-bond donors (Lipinski definition) is 1. The van der Waals surface area contributed by atoms with E-state index >= 15 is 0 Å². The lowest BCUT2D eigenvalue weighted by Gasteiger charge is -2.42. The van der Waals surface area contributed by atoms with Crippen molar-refractivity contribution in [2.75, 3.05) is 44.7 Å². The molecule has 2 aliphatic heterocycles. The van der Waals surface area contributed by atoms with E-state index in [1.807, 2.05) is 0 Å². The van der Waals surface area contributed by atoms with Gasteiger partial charge in [-0.1, -0.05) is 23.5 Å². The van der Waals surface area contributed by atoms with E-state index in [1.165, 1.54) is 6.92 Å². The number of thiazole rings is 1. The minimum Gasteiger partial charge on any atom is -0.378 e.